The van der Waals surface area contributed by atoms with Gasteiger partial charge in [0.1, 0.15) is 5.75 Å². The van der Waals surface area contributed by atoms with Crippen LogP contribution >= 0.6 is 0 Å². The molecule has 1 amide bonds. The molecule has 0 spiro atoms. The fourth-order valence-corrected chi connectivity index (χ4v) is 3.32. The molecule has 2 rings (SSSR count). The molecule has 0 unspecified atom stereocenters. The highest BCUT2D eigenvalue weighted by Crippen LogP contribution is 2.22. The molecular formula is C13H20N4O4S. The molecule has 3 N–H and O–H groups in total. The largest absolute Gasteiger partial charge is 0.496 e. The number of primary amides is 1. The molecule has 1 aliphatic rings. The normalized spacial score (nSPS) is 17.4. The van der Waals surface area contributed by atoms with Crippen LogP contribution in [-0.2, 0) is 10.0 Å². The van der Waals surface area contributed by atoms with Gasteiger partial charge in [-0.1, -0.05) is 0 Å². The molecule has 0 saturated carbocycles. The molecule has 1 aromatic rings. The van der Waals surface area contributed by atoms with Crippen molar-refractivity contribution in [3.05, 3.63) is 23.8 Å². The summed E-state index contributed by atoms with van der Waals surface area (Å²) in [4.78, 5) is 16.0. The van der Waals surface area contributed by atoms with Crippen LogP contribution in [0.3, 0.4) is 0 Å². The van der Waals surface area contributed by atoms with Gasteiger partial charge >= 0.3 is 0 Å². The molecule has 0 aliphatic carbocycles. The van der Waals surface area contributed by atoms with Crippen molar-refractivity contribution in [1.82, 2.24) is 14.7 Å². The predicted octanol–water partition coefficient (Wildman–Crippen LogP) is -0.765. The van der Waals surface area contributed by atoms with Crippen LogP contribution in [-0.4, -0.2) is 64.6 Å². The Balaban J connectivity index is 2.22. The highest BCUT2D eigenvalue weighted by Gasteiger charge is 2.23. The number of hydrogen-bond acceptors (Lipinski definition) is 6. The number of benzene rings is 1. The maximum atomic E-state index is 12.4. The minimum atomic E-state index is -3.76. The second-order valence-electron chi connectivity index (χ2n) is 5.11. The first kappa shape index (κ1) is 16.7. The Morgan fingerprint density at radius 1 is 1.27 bits per heavy atom. The SMILES string of the molecule is COc1ccc(S(=O)(=O)NN2CCN(C)CC2)cc1C(N)=O. The zero-order valence-electron chi connectivity index (χ0n) is 12.6. The number of hydrogen-bond donors (Lipinski definition) is 2. The van der Waals surface area contributed by atoms with Crippen molar-refractivity contribution in [3.8, 4) is 5.75 Å². The summed E-state index contributed by atoms with van der Waals surface area (Å²) in [5, 5.41) is 1.64. The lowest BCUT2D eigenvalue weighted by atomic mass is 10.2. The number of hydrazine groups is 1. The zero-order valence-corrected chi connectivity index (χ0v) is 13.4. The van der Waals surface area contributed by atoms with Crippen LogP contribution in [0.5, 0.6) is 5.75 Å². The Bertz CT molecular complexity index is 654. The van der Waals surface area contributed by atoms with Crippen LogP contribution in [0.25, 0.3) is 0 Å². The lowest BCUT2D eigenvalue weighted by Crippen LogP contribution is -2.52. The Labute approximate surface area is 129 Å². The minimum Gasteiger partial charge on any atom is -0.496 e. The Kier molecular flexibility index (Phi) is 5.01. The van der Waals surface area contributed by atoms with Crippen molar-refractivity contribution in [1.29, 1.82) is 0 Å². The van der Waals surface area contributed by atoms with E-state index in [4.69, 9.17) is 10.5 Å². The lowest BCUT2D eigenvalue weighted by Gasteiger charge is -2.32. The third-order valence-corrected chi connectivity index (χ3v) is 4.87. The summed E-state index contributed by atoms with van der Waals surface area (Å²) in [6, 6.07) is 4.02. The summed E-state index contributed by atoms with van der Waals surface area (Å²) in [6.45, 7) is 2.73. The highest BCUT2D eigenvalue weighted by atomic mass is 32.2. The zero-order chi connectivity index (χ0) is 16.3. The van der Waals surface area contributed by atoms with Crippen molar-refractivity contribution in [2.45, 2.75) is 4.90 Å². The van der Waals surface area contributed by atoms with Crippen LogP contribution in [0.1, 0.15) is 10.4 Å². The number of piperazine rings is 1. The first-order chi connectivity index (χ1) is 10.3. The van der Waals surface area contributed by atoms with E-state index in [2.05, 4.69) is 9.73 Å². The minimum absolute atomic E-state index is 0.0268. The first-order valence-corrected chi connectivity index (χ1v) is 8.25. The highest BCUT2D eigenvalue weighted by molar-refractivity contribution is 7.89. The standard InChI is InChI=1S/C13H20N4O4S/c1-16-5-7-17(8-6-16)15-22(19,20)10-3-4-12(21-2)11(9-10)13(14)18/h3-4,9,15H,5-8H2,1-2H3,(H2,14,18). The smallest absolute Gasteiger partial charge is 0.253 e. The number of nitrogens with one attached hydrogen (secondary N) is 1. The van der Waals surface area contributed by atoms with Gasteiger partial charge in [0.2, 0.25) is 0 Å². The fraction of sp³-hybridized carbons (Fsp3) is 0.462. The van der Waals surface area contributed by atoms with Gasteiger partial charge in [0, 0.05) is 26.2 Å². The van der Waals surface area contributed by atoms with Crippen LogP contribution < -0.4 is 15.3 Å². The number of carbonyl (C=O) groups is 1. The number of likely N-dealkylation sites (N-methyl/N-ethyl adjacent to an activating group) is 1. The molecule has 1 fully saturated rings. The molecule has 9 heteroatoms. The first-order valence-electron chi connectivity index (χ1n) is 6.77. The third kappa shape index (κ3) is 3.74. The number of sulfonamides is 1. The van der Waals surface area contributed by atoms with Gasteiger partial charge in [-0.3, -0.25) is 4.79 Å². The molecule has 0 aromatic heterocycles. The van der Waals surface area contributed by atoms with Crippen LogP contribution in [0.4, 0.5) is 0 Å². The van der Waals surface area contributed by atoms with Crippen molar-refractivity contribution in [2.24, 2.45) is 5.73 Å². The molecule has 1 aliphatic heterocycles. The van der Waals surface area contributed by atoms with Crippen molar-refractivity contribution >= 4 is 15.9 Å². The number of rotatable bonds is 5. The molecule has 1 aromatic carbocycles. The summed E-state index contributed by atoms with van der Waals surface area (Å²) >= 11 is 0. The quantitative estimate of drug-likeness (QED) is 0.736. The number of nitrogens with zero attached hydrogens (tertiary/aromatic N) is 2. The number of nitrogens with two attached hydrogens (primary N) is 1. The molecule has 1 saturated heterocycles. The monoisotopic (exact) mass is 328 g/mol. The average Bonchev–Trinajstić information content (AvgIpc) is 2.48. The van der Waals surface area contributed by atoms with E-state index in [1.165, 1.54) is 25.3 Å². The van der Waals surface area contributed by atoms with E-state index in [1.807, 2.05) is 7.05 Å². The van der Waals surface area contributed by atoms with E-state index in [9.17, 15) is 13.2 Å². The third-order valence-electron chi connectivity index (χ3n) is 3.50. The van der Waals surface area contributed by atoms with Crippen molar-refractivity contribution in [3.63, 3.8) is 0 Å². The second-order valence-corrected chi connectivity index (χ2v) is 6.77. The number of amides is 1. The van der Waals surface area contributed by atoms with Crippen LogP contribution in [0.15, 0.2) is 23.1 Å². The summed E-state index contributed by atoms with van der Waals surface area (Å²) in [7, 11) is -0.396. The van der Waals surface area contributed by atoms with Gasteiger partial charge in [0.05, 0.1) is 17.6 Å². The number of carbonyl (C=O) groups excluding carboxylic acids is 1. The van der Waals surface area contributed by atoms with Crippen molar-refractivity contribution < 1.29 is 17.9 Å². The molecule has 22 heavy (non-hydrogen) atoms. The van der Waals surface area contributed by atoms with E-state index < -0.39 is 15.9 Å². The molecule has 0 atom stereocenters. The molecule has 0 bridgehead atoms. The van der Waals surface area contributed by atoms with Gasteiger partial charge in [-0.05, 0) is 25.2 Å². The van der Waals surface area contributed by atoms with E-state index in [1.54, 1.807) is 5.01 Å². The van der Waals surface area contributed by atoms with Gasteiger partial charge in [0.15, 0.2) is 0 Å². The molecule has 122 valence electrons. The average molecular weight is 328 g/mol. The van der Waals surface area contributed by atoms with Gasteiger partial charge in [-0.2, -0.15) is 0 Å². The van der Waals surface area contributed by atoms with Gasteiger partial charge in [-0.15, -0.1) is 4.83 Å². The maximum Gasteiger partial charge on any atom is 0.253 e. The van der Waals surface area contributed by atoms with E-state index in [0.717, 1.165) is 13.1 Å². The topological polar surface area (TPSA) is 105 Å². The van der Waals surface area contributed by atoms with Crippen LogP contribution in [0.2, 0.25) is 0 Å². The van der Waals surface area contributed by atoms with Crippen LogP contribution in [0, 0.1) is 0 Å². The summed E-state index contributed by atoms with van der Waals surface area (Å²) in [5.74, 6) is -0.500. The van der Waals surface area contributed by atoms with Gasteiger partial charge in [0.25, 0.3) is 15.9 Å². The van der Waals surface area contributed by atoms with Crippen molar-refractivity contribution in [2.75, 3.05) is 40.3 Å². The Morgan fingerprint density at radius 2 is 1.91 bits per heavy atom. The molecule has 8 nitrogen and oxygen atoms in total. The second kappa shape index (κ2) is 6.61. The Morgan fingerprint density at radius 3 is 2.45 bits per heavy atom. The lowest BCUT2D eigenvalue weighted by molar-refractivity contribution is 0.0997. The molecule has 0 radical (unpaired) electrons. The van der Waals surface area contributed by atoms with E-state index in [0.29, 0.717) is 13.1 Å². The predicted molar refractivity (Wildman–Crippen MR) is 80.9 cm³/mol. The number of methoxy groups -OCH3 is 1. The molecule has 1 heterocycles. The van der Waals surface area contributed by atoms with Gasteiger partial charge in [-0.25, -0.2) is 13.4 Å². The fourth-order valence-electron chi connectivity index (χ4n) is 2.17. The number of ether oxygens (including phenoxy) is 1. The van der Waals surface area contributed by atoms with E-state index in [-0.39, 0.29) is 16.2 Å². The summed E-state index contributed by atoms with van der Waals surface area (Å²) < 4.78 is 29.8. The van der Waals surface area contributed by atoms with Gasteiger partial charge < -0.3 is 15.4 Å². The Hall–Kier alpha value is -1.68. The van der Waals surface area contributed by atoms with E-state index >= 15 is 0 Å². The maximum absolute atomic E-state index is 12.4. The molecular weight excluding hydrogens is 308 g/mol. The summed E-state index contributed by atoms with van der Waals surface area (Å²) in [5.41, 5.74) is 5.28. The summed E-state index contributed by atoms with van der Waals surface area (Å²) in [6.07, 6.45) is 0.